The van der Waals surface area contributed by atoms with E-state index >= 15 is 0 Å². The molecule has 0 N–H and O–H groups in total. The fourth-order valence-electron chi connectivity index (χ4n) is 3.00. The van der Waals surface area contributed by atoms with E-state index in [1.165, 1.54) is 18.2 Å². The molecule has 24 heavy (non-hydrogen) atoms. The summed E-state index contributed by atoms with van der Waals surface area (Å²) < 4.78 is 27.1. The maximum Gasteiger partial charge on any atom is 0.254 e. The molecule has 126 valence electrons. The Balaban J connectivity index is 1.63. The van der Waals surface area contributed by atoms with E-state index in [2.05, 4.69) is 4.90 Å². The monoisotopic (exact) mass is 330 g/mol. The predicted octanol–water partition coefficient (Wildman–Crippen LogP) is 3.31. The molecule has 0 spiro atoms. The molecule has 0 bridgehead atoms. The molecule has 3 nitrogen and oxygen atoms in total. The Hall–Kier alpha value is -2.27. The summed E-state index contributed by atoms with van der Waals surface area (Å²) in [5.74, 6) is -0.756. The molecule has 0 aromatic heterocycles. The zero-order valence-electron chi connectivity index (χ0n) is 13.4. The lowest BCUT2D eigenvalue weighted by atomic mass is 10.2. The second kappa shape index (κ2) is 7.53. The third-order valence-electron chi connectivity index (χ3n) is 4.30. The van der Waals surface area contributed by atoms with Crippen LogP contribution < -0.4 is 0 Å². The first-order valence-electron chi connectivity index (χ1n) is 8.14. The highest BCUT2D eigenvalue weighted by atomic mass is 19.1. The number of benzene rings is 2. The molecule has 1 fully saturated rings. The Labute approximate surface area is 140 Å². The van der Waals surface area contributed by atoms with Gasteiger partial charge in [0.05, 0.1) is 0 Å². The van der Waals surface area contributed by atoms with Gasteiger partial charge in [-0.2, -0.15) is 0 Å². The van der Waals surface area contributed by atoms with E-state index in [0.29, 0.717) is 37.3 Å². The molecular weight excluding hydrogens is 310 g/mol. The highest BCUT2D eigenvalue weighted by Gasteiger charge is 2.21. The number of hydrogen-bond donors (Lipinski definition) is 0. The number of carbonyl (C=O) groups excluding carboxylic acids is 1. The van der Waals surface area contributed by atoms with E-state index in [4.69, 9.17) is 0 Å². The highest BCUT2D eigenvalue weighted by molar-refractivity contribution is 5.94. The van der Waals surface area contributed by atoms with Gasteiger partial charge in [0, 0.05) is 43.9 Å². The van der Waals surface area contributed by atoms with Gasteiger partial charge in [-0.25, -0.2) is 8.78 Å². The highest BCUT2D eigenvalue weighted by Crippen LogP contribution is 2.14. The first-order chi connectivity index (χ1) is 11.6. The molecule has 0 unspecified atom stereocenters. The van der Waals surface area contributed by atoms with Crippen molar-refractivity contribution in [3.8, 4) is 0 Å². The maximum atomic E-state index is 13.8. The zero-order valence-corrected chi connectivity index (χ0v) is 13.4. The quantitative estimate of drug-likeness (QED) is 0.862. The van der Waals surface area contributed by atoms with Gasteiger partial charge in [0.15, 0.2) is 0 Å². The first-order valence-corrected chi connectivity index (χ1v) is 8.14. The molecule has 1 saturated heterocycles. The maximum absolute atomic E-state index is 13.8. The lowest BCUT2D eigenvalue weighted by molar-refractivity contribution is 0.0760. The molecule has 0 aliphatic carbocycles. The lowest BCUT2D eigenvalue weighted by Crippen LogP contribution is -2.35. The predicted molar refractivity (Wildman–Crippen MR) is 88.6 cm³/mol. The van der Waals surface area contributed by atoms with Crippen LogP contribution in [0.5, 0.6) is 0 Å². The lowest BCUT2D eigenvalue weighted by Gasteiger charge is -2.22. The third-order valence-corrected chi connectivity index (χ3v) is 4.30. The Bertz CT molecular complexity index is 720. The van der Waals surface area contributed by atoms with Crippen LogP contribution in [0.4, 0.5) is 8.78 Å². The van der Waals surface area contributed by atoms with Crippen molar-refractivity contribution < 1.29 is 13.6 Å². The molecule has 2 aromatic carbocycles. The molecule has 0 atom stereocenters. The fraction of sp³-hybridized carbons (Fsp3) is 0.316. The SMILES string of the molecule is O=C(c1cccc(F)c1)N1CCCN(Cc2ccccc2F)CC1. The third kappa shape index (κ3) is 3.97. The average Bonchev–Trinajstić information content (AvgIpc) is 2.82. The Morgan fingerprint density at radius 1 is 0.958 bits per heavy atom. The van der Waals surface area contributed by atoms with Gasteiger partial charge in [0.25, 0.3) is 5.91 Å². The molecule has 2 aromatic rings. The van der Waals surface area contributed by atoms with Gasteiger partial charge in [-0.1, -0.05) is 24.3 Å². The van der Waals surface area contributed by atoms with E-state index < -0.39 is 5.82 Å². The zero-order chi connectivity index (χ0) is 16.9. The van der Waals surface area contributed by atoms with Crippen molar-refractivity contribution >= 4 is 5.91 Å². The largest absolute Gasteiger partial charge is 0.337 e. The van der Waals surface area contributed by atoms with Crippen molar-refractivity contribution in [1.29, 1.82) is 0 Å². The van der Waals surface area contributed by atoms with Crippen LogP contribution >= 0.6 is 0 Å². The van der Waals surface area contributed by atoms with Crippen LogP contribution in [0, 0.1) is 11.6 Å². The number of amides is 1. The summed E-state index contributed by atoms with van der Waals surface area (Å²) in [6.07, 6.45) is 0.815. The van der Waals surface area contributed by atoms with Crippen LogP contribution in [0.25, 0.3) is 0 Å². The van der Waals surface area contributed by atoms with Gasteiger partial charge >= 0.3 is 0 Å². The van der Waals surface area contributed by atoms with Crippen LogP contribution in [-0.4, -0.2) is 41.9 Å². The van der Waals surface area contributed by atoms with Gasteiger partial charge in [0.1, 0.15) is 11.6 Å². The second-order valence-corrected chi connectivity index (χ2v) is 6.02. The minimum atomic E-state index is -0.406. The molecule has 1 aliphatic rings. The summed E-state index contributed by atoms with van der Waals surface area (Å²) in [5, 5.41) is 0. The van der Waals surface area contributed by atoms with Crippen molar-refractivity contribution in [3.63, 3.8) is 0 Å². The Kier molecular flexibility index (Phi) is 5.20. The average molecular weight is 330 g/mol. The van der Waals surface area contributed by atoms with E-state index in [9.17, 15) is 13.6 Å². The molecule has 0 saturated carbocycles. The minimum absolute atomic E-state index is 0.151. The summed E-state index contributed by atoms with van der Waals surface area (Å²) in [6, 6.07) is 12.5. The summed E-state index contributed by atoms with van der Waals surface area (Å²) in [4.78, 5) is 16.4. The second-order valence-electron chi connectivity index (χ2n) is 6.02. The Morgan fingerprint density at radius 3 is 2.58 bits per heavy atom. The topological polar surface area (TPSA) is 23.6 Å². The van der Waals surface area contributed by atoms with Crippen LogP contribution in [0.15, 0.2) is 48.5 Å². The summed E-state index contributed by atoms with van der Waals surface area (Å²) >= 11 is 0. The van der Waals surface area contributed by atoms with E-state index in [1.54, 1.807) is 29.2 Å². The summed E-state index contributed by atoms with van der Waals surface area (Å²) in [5.41, 5.74) is 1.04. The van der Waals surface area contributed by atoms with Gasteiger partial charge in [-0.05, 0) is 30.7 Å². The summed E-state index contributed by atoms with van der Waals surface area (Å²) in [6.45, 7) is 3.21. The normalized spacial score (nSPS) is 16.0. The van der Waals surface area contributed by atoms with Gasteiger partial charge < -0.3 is 4.90 Å². The summed E-state index contributed by atoms with van der Waals surface area (Å²) in [7, 11) is 0. The van der Waals surface area contributed by atoms with Crippen molar-refractivity contribution in [3.05, 3.63) is 71.3 Å². The number of hydrogen-bond acceptors (Lipinski definition) is 2. The van der Waals surface area contributed by atoms with Crippen LogP contribution in [0.3, 0.4) is 0 Å². The number of carbonyl (C=O) groups is 1. The molecule has 1 amide bonds. The van der Waals surface area contributed by atoms with Crippen molar-refractivity contribution in [1.82, 2.24) is 9.80 Å². The molecule has 3 rings (SSSR count). The molecule has 1 aliphatic heterocycles. The Morgan fingerprint density at radius 2 is 1.79 bits per heavy atom. The van der Waals surface area contributed by atoms with Gasteiger partial charge in [0.2, 0.25) is 0 Å². The van der Waals surface area contributed by atoms with Gasteiger partial charge in [-0.15, -0.1) is 0 Å². The molecule has 0 radical (unpaired) electrons. The minimum Gasteiger partial charge on any atom is -0.337 e. The van der Waals surface area contributed by atoms with E-state index in [0.717, 1.165) is 13.0 Å². The number of nitrogens with zero attached hydrogens (tertiary/aromatic N) is 2. The fourth-order valence-corrected chi connectivity index (χ4v) is 3.00. The number of rotatable bonds is 3. The van der Waals surface area contributed by atoms with Crippen LogP contribution in [-0.2, 0) is 6.54 Å². The smallest absolute Gasteiger partial charge is 0.254 e. The molecular formula is C19H20F2N2O. The van der Waals surface area contributed by atoms with Crippen LogP contribution in [0.1, 0.15) is 22.3 Å². The van der Waals surface area contributed by atoms with Gasteiger partial charge in [-0.3, -0.25) is 9.69 Å². The van der Waals surface area contributed by atoms with E-state index in [1.807, 2.05) is 6.07 Å². The first kappa shape index (κ1) is 16.6. The van der Waals surface area contributed by atoms with Crippen molar-refractivity contribution in [2.75, 3.05) is 26.2 Å². The molecule has 1 heterocycles. The molecule has 5 heteroatoms. The van der Waals surface area contributed by atoms with Crippen molar-refractivity contribution in [2.24, 2.45) is 0 Å². The van der Waals surface area contributed by atoms with Crippen molar-refractivity contribution in [2.45, 2.75) is 13.0 Å². The standard InChI is InChI=1S/C19H20F2N2O/c20-17-7-3-6-15(13-17)19(24)23-10-4-9-22(11-12-23)14-16-5-1-2-8-18(16)21/h1-3,5-8,13H,4,9-12,14H2. The van der Waals surface area contributed by atoms with Crippen LogP contribution in [0.2, 0.25) is 0 Å². The number of halogens is 2. The van der Waals surface area contributed by atoms with E-state index in [-0.39, 0.29) is 11.7 Å².